The molecule has 1 saturated heterocycles. The largest absolute Gasteiger partial charge is 0.457 e. The number of carbonyl (C=O) groups excluding carboxylic acids is 3. The predicted molar refractivity (Wildman–Crippen MR) is 138 cm³/mol. The van der Waals surface area contributed by atoms with Crippen LogP contribution in [0.5, 0.6) is 11.5 Å². The van der Waals surface area contributed by atoms with Gasteiger partial charge in [-0.15, -0.1) is 4.91 Å². The lowest BCUT2D eigenvalue weighted by Crippen LogP contribution is -2.71. The highest BCUT2D eigenvalue weighted by Gasteiger charge is 2.47. The van der Waals surface area contributed by atoms with Crippen LogP contribution in [-0.2, 0) is 0 Å². The van der Waals surface area contributed by atoms with Crippen molar-refractivity contribution in [1.82, 2.24) is 19.8 Å². The summed E-state index contributed by atoms with van der Waals surface area (Å²) in [5, 5.41) is 6.66. The minimum Gasteiger partial charge on any atom is -0.457 e. The Labute approximate surface area is 220 Å². The number of benzene rings is 1. The predicted octanol–water partition coefficient (Wildman–Crippen LogP) is 4.50. The van der Waals surface area contributed by atoms with Crippen LogP contribution in [-0.4, -0.2) is 57.1 Å². The number of amides is 5. The molecule has 2 saturated carbocycles. The monoisotopic (exact) mass is 521 g/mol. The first-order chi connectivity index (χ1) is 18.3. The standard InChI is InChI=1S/C26H31N7O5/c1-2-31-24(35)32(16-17-7-10-26(11-8-17)12-13-26)23(33(27)25(31)36)29-18-3-5-19(6-4-18)38-20-9-14-28-21(15-20)22(34)30-37/h3-6,9,14-15,17,23,29H,2,7-8,10-13,16,27H2,1H3. The Balaban J connectivity index is 1.29. The molecule has 5 rings (SSSR count). The van der Waals surface area contributed by atoms with Crippen LogP contribution in [0, 0.1) is 16.2 Å². The average molecular weight is 522 g/mol. The molecule has 2 heterocycles. The maximum absolute atomic E-state index is 13.3. The van der Waals surface area contributed by atoms with Crippen molar-refractivity contribution in [3.63, 3.8) is 0 Å². The molecular formula is C26H31N7O5. The molecule has 12 nitrogen and oxygen atoms in total. The summed E-state index contributed by atoms with van der Waals surface area (Å²) in [4.78, 5) is 54.7. The summed E-state index contributed by atoms with van der Waals surface area (Å²) < 4.78 is 5.76. The summed E-state index contributed by atoms with van der Waals surface area (Å²) in [6.07, 6.45) is 7.67. The lowest BCUT2D eigenvalue weighted by Gasteiger charge is -2.46. The summed E-state index contributed by atoms with van der Waals surface area (Å²) in [7, 11) is 0. The molecule has 0 bridgehead atoms. The van der Waals surface area contributed by atoms with Crippen LogP contribution in [0.2, 0.25) is 0 Å². The topological polar surface area (TPSA) is 151 Å². The van der Waals surface area contributed by atoms with Gasteiger partial charge in [-0.1, -0.05) is 0 Å². The van der Waals surface area contributed by atoms with Crippen LogP contribution in [0.25, 0.3) is 0 Å². The zero-order chi connectivity index (χ0) is 26.9. The Kier molecular flexibility index (Phi) is 6.98. The fourth-order valence-electron chi connectivity index (χ4n) is 5.30. The summed E-state index contributed by atoms with van der Waals surface area (Å²) in [5.41, 5.74) is 1.06. The highest BCUT2D eigenvalue weighted by Crippen LogP contribution is 2.57. The highest BCUT2D eigenvalue weighted by atomic mass is 16.5. The molecule has 1 aliphatic heterocycles. The van der Waals surface area contributed by atoms with E-state index >= 15 is 0 Å². The van der Waals surface area contributed by atoms with E-state index in [-0.39, 0.29) is 18.3 Å². The number of nitrogens with two attached hydrogens (primary N) is 1. The molecule has 1 unspecified atom stereocenters. The normalized spacial score (nSPS) is 21.0. The summed E-state index contributed by atoms with van der Waals surface area (Å²) in [5.74, 6) is 6.38. The Morgan fingerprint density at radius 1 is 1.11 bits per heavy atom. The minimum absolute atomic E-state index is 0.114. The number of aromatic nitrogens is 1. The van der Waals surface area contributed by atoms with Gasteiger partial charge in [0, 0.05) is 36.2 Å². The summed E-state index contributed by atoms with van der Waals surface area (Å²) >= 11 is 0. The summed E-state index contributed by atoms with van der Waals surface area (Å²) in [6, 6.07) is 8.82. The Morgan fingerprint density at radius 2 is 1.82 bits per heavy atom. The third-order valence-electron chi connectivity index (χ3n) is 7.80. The zero-order valence-corrected chi connectivity index (χ0v) is 21.2. The lowest BCUT2D eigenvalue weighted by molar-refractivity contribution is 0.0307. The Hall–Kier alpha value is -4.06. The number of imide groups is 1. The summed E-state index contributed by atoms with van der Waals surface area (Å²) in [6.45, 7) is 2.51. The van der Waals surface area contributed by atoms with Gasteiger partial charge < -0.3 is 10.1 Å². The van der Waals surface area contributed by atoms with Crippen molar-refractivity contribution in [2.24, 2.45) is 22.4 Å². The van der Waals surface area contributed by atoms with Crippen LogP contribution in [0.4, 0.5) is 15.3 Å². The third-order valence-corrected chi connectivity index (χ3v) is 7.80. The molecule has 200 valence electrons. The van der Waals surface area contributed by atoms with Crippen LogP contribution in [0.3, 0.4) is 0 Å². The SMILES string of the molecule is CCN1C(=O)N(N)C(Nc2ccc(Oc3ccnc(C(=O)N=O)c3)cc2)N(CC2CCC3(CC2)CC3)C1=O. The van der Waals surface area contributed by atoms with Crippen molar-refractivity contribution in [3.8, 4) is 11.5 Å². The van der Waals surface area contributed by atoms with Crippen molar-refractivity contribution < 1.29 is 19.1 Å². The molecule has 12 heteroatoms. The number of hydrazine groups is 1. The zero-order valence-electron chi connectivity index (χ0n) is 21.2. The molecule has 2 aromatic rings. The van der Waals surface area contributed by atoms with E-state index < -0.39 is 18.2 Å². The van der Waals surface area contributed by atoms with Gasteiger partial charge in [0.15, 0.2) is 6.29 Å². The Bertz CT molecular complexity index is 1220. The first-order valence-corrected chi connectivity index (χ1v) is 12.9. The number of ether oxygens (including phenoxy) is 1. The van der Waals surface area contributed by atoms with Gasteiger partial charge >= 0.3 is 18.0 Å². The van der Waals surface area contributed by atoms with Crippen LogP contribution in [0.1, 0.15) is 55.9 Å². The molecule has 2 aliphatic carbocycles. The van der Waals surface area contributed by atoms with Crippen molar-refractivity contribution in [2.45, 2.75) is 51.7 Å². The minimum atomic E-state index is -0.982. The molecule has 3 fully saturated rings. The van der Waals surface area contributed by atoms with E-state index in [9.17, 15) is 19.3 Å². The van der Waals surface area contributed by atoms with E-state index in [1.807, 2.05) is 0 Å². The number of hydrogen-bond donors (Lipinski definition) is 2. The van der Waals surface area contributed by atoms with Crippen LogP contribution >= 0.6 is 0 Å². The Morgan fingerprint density at radius 3 is 2.45 bits per heavy atom. The van der Waals surface area contributed by atoms with Gasteiger partial charge in [0.2, 0.25) is 0 Å². The third kappa shape index (κ3) is 5.17. The van der Waals surface area contributed by atoms with E-state index in [1.165, 1.54) is 37.9 Å². The quantitative estimate of drug-likeness (QED) is 0.293. The molecular weight excluding hydrogens is 490 g/mol. The number of nitrogens with zero attached hydrogens (tertiary/aromatic N) is 5. The first kappa shape index (κ1) is 25.6. The van der Waals surface area contributed by atoms with Crippen molar-refractivity contribution in [3.05, 3.63) is 53.2 Å². The van der Waals surface area contributed by atoms with E-state index in [0.29, 0.717) is 35.1 Å². The van der Waals surface area contributed by atoms with Gasteiger partial charge in [-0.2, -0.15) is 0 Å². The van der Waals surface area contributed by atoms with Gasteiger partial charge in [-0.25, -0.2) is 25.3 Å². The van der Waals surface area contributed by atoms with E-state index in [0.717, 1.165) is 22.8 Å². The smallest absolute Gasteiger partial charge is 0.345 e. The van der Waals surface area contributed by atoms with Gasteiger partial charge in [0.25, 0.3) is 0 Å². The number of urea groups is 2. The van der Waals surface area contributed by atoms with Crippen LogP contribution in [0.15, 0.2) is 47.8 Å². The van der Waals surface area contributed by atoms with E-state index in [1.54, 1.807) is 42.2 Å². The number of hydrogen-bond acceptors (Lipinski definition) is 8. The first-order valence-electron chi connectivity index (χ1n) is 12.9. The lowest BCUT2D eigenvalue weighted by atomic mass is 9.79. The number of nitrogens with one attached hydrogen (secondary N) is 1. The molecule has 1 aromatic heterocycles. The van der Waals surface area contributed by atoms with Gasteiger partial charge in [-0.3, -0.25) is 14.7 Å². The average Bonchev–Trinajstić information content (AvgIpc) is 3.70. The number of pyridine rings is 1. The second-order valence-corrected chi connectivity index (χ2v) is 10.2. The van der Waals surface area contributed by atoms with E-state index in [4.69, 9.17) is 10.6 Å². The number of nitroso groups, excluding NO2 is 1. The molecule has 5 amide bonds. The maximum Gasteiger partial charge on any atom is 0.345 e. The molecule has 3 N–H and O–H groups in total. The molecule has 1 aromatic carbocycles. The molecule has 1 spiro atoms. The molecule has 38 heavy (non-hydrogen) atoms. The van der Waals surface area contributed by atoms with Crippen molar-refractivity contribution >= 4 is 23.7 Å². The number of anilines is 1. The second-order valence-electron chi connectivity index (χ2n) is 10.2. The fourth-order valence-corrected chi connectivity index (χ4v) is 5.30. The number of rotatable bonds is 8. The fraction of sp³-hybridized carbons (Fsp3) is 0.462. The van der Waals surface area contributed by atoms with Crippen molar-refractivity contribution in [1.29, 1.82) is 0 Å². The van der Waals surface area contributed by atoms with Crippen LogP contribution < -0.4 is 15.9 Å². The highest BCUT2D eigenvalue weighted by molar-refractivity contribution is 5.96. The molecule has 0 radical (unpaired) electrons. The van der Waals surface area contributed by atoms with Gasteiger partial charge in [0.1, 0.15) is 17.2 Å². The maximum atomic E-state index is 13.3. The molecule has 1 atom stereocenters. The van der Waals surface area contributed by atoms with E-state index in [2.05, 4.69) is 15.5 Å². The molecule has 3 aliphatic rings. The van der Waals surface area contributed by atoms with Crippen molar-refractivity contribution in [2.75, 3.05) is 18.4 Å². The second kappa shape index (κ2) is 10.4. The van der Waals surface area contributed by atoms with Gasteiger partial charge in [0.05, 0.1) is 0 Å². The number of carbonyl (C=O) groups is 3. The van der Waals surface area contributed by atoms with Gasteiger partial charge in [-0.05, 0) is 87.1 Å².